The Morgan fingerprint density at radius 2 is 1.72 bits per heavy atom. The van der Waals surface area contributed by atoms with Gasteiger partial charge in [-0.15, -0.1) is 0 Å². The van der Waals surface area contributed by atoms with E-state index < -0.39 is 5.41 Å². The van der Waals surface area contributed by atoms with Crippen LogP contribution in [-0.2, 0) is 4.79 Å². The highest BCUT2D eigenvalue weighted by molar-refractivity contribution is 5.83. The van der Waals surface area contributed by atoms with Gasteiger partial charge in [0.05, 0.1) is 12.0 Å². The summed E-state index contributed by atoms with van der Waals surface area (Å²) in [6, 6.07) is 0. The molecule has 0 aliphatic rings. The first kappa shape index (κ1) is 16.7. The first-order chi connectivity index (χ1) is 8.12. The van der Waals surface area contributed by atoms with Crippen molar-refractivity contribution in [2.45, 2.75) is 47.1 Å². The van der Waals surface area contributed by atoms with Gasteiger partial charge in [-0.2, -0.15) is 0 Å². The van der Waals surface area contributed by atoms with Crippen LogP contribution in [0.25, 0.3) is 0 Å². The number of carbonyl (C=O) groups is 1. The van der Waals surface area contributed by atoms with Crippen LogP contribution in [0.1, 0.15) is 41.5 Å². The van der Waals surface area contributed by atoms with Crippen LogP contribution in [0.3, 0.4) is 0 Å². The van der Waals surface area contributed by atoms with Gasteiger partial charge >= 0.3 is 0 Å². The molecule has 0 bridgehead atoms. The second-order valence-electron chi connectivity index (χ2n) is 6.03. The van der Waals surface area contributed by atoms with Crippen LogP contribution < -0.4 is 16.0 Å². The summed E-state index contributed by atoms with van der Waals surface area (Å²) in [6.45, 7) is 13.2. The van der Waals surface area contributed by atoms with Crippen molar-refractivity contribution in [2.75, 3.05) is 20.1 Å². The zero-order chi connectivity index (χ0) is 14.4. The van der Waals surface area contributed by atoms with Crippen molar-refractivity contribution in [1.29, 1.82) is 0 Å². The van der Waals surface area contributed by atoms with Crippen LogP contribution >= 0.6 is 0 Å². The average Bonchev–Trinajstić information content (AvgIpc) is 2.23. The highest BCUT2D eigenvalue weighted by atomic mass is 16.2. The Labute approximate surface area is 111 Å². The molecule has 0 aromatic heterocycles. The molecule has 3 N–H and O–H groups in total. The summed E-state index contributed by atoms with van der Waals surface area (Å²) >= 11 is 0. The van der Waals surface area contributed by atoms with E-state index in [0.717, 1.165) is 12.5 Å². The van der Waals surface area contributed by atoms with Crippen molar-refractivity contribution in [2.24, 2.45) is 10.4 Å². The van der Waals surface area contributed by atoms with E-state index >= 15 is 0 Å². The first-order valence-corrected chi connectivity index (χ1v) is 6.41. The quantitative estimate of drug-likeness (QED) is 0.521. The molecule has 0 saturated carbocycles. The Kier molecular flexibility index (Phi) is 6.15. The number of amides is 1. The fourth-order valence-corrected chi connectivity index (χ4v) is 1.35. The smallest absolute Gasteiger partial charge is 0.227 e. The lowest BCUT2D eigenvalue weighted by Gasteiger charge is -2.25. The van der Waals surface area contributed by atoms with Crippen molar-refractivity contribution in [1.82, 2.24) is 16.0 Å². The lowest BCUT2D eigenvalue weighted by atomic mass is 9.93. The topological polar surface area (TPSA) is 65.5 Å². The summed E-state index contributed by atoms with van der Waals surface area (Å²) in [5.41, 5.74) is -0.562. The van der Waals surface area contributed by atoms with Gasteiger partial charge in [-0.1, -0.05) is 0 Å². The largest absolute Gasteiger partial charge is 0.359 e. The number of aliphatic imine (C=N–C) groups is 1. The SMILES string of the molecule is CCNC(=NCC(C)(C)C(=O)NC)NC(C)(C)C. The Morgan fingerprint density at radius 3 is 2.11 bits per heavy atom. The van der Waals surface area contributed by atoms with Crippen LogP contribution in [-0.4, -0.2) is 37.5 Å². The van der Waals surface area contributed by atoms with Gasteiger partial charge in [0, 0.05) is 19.1 Å². The van der Waals surface area contributed by atoms with Gasteiger partial charge in [0.1, 0.15) is 0 Å². The summed E-state index contributed by atoms with van der Waals surface area (Å²) in [4.78, 5) is 16.1. The number of carbonyl (C=O) groups excluding carboxylic acids is 1. The van der Waals surface area contributed by atoms with Crippen molar-refractivity contribution in [3.63, 3.8) is 0 Å². The highest BCUT2D eigenvalue weighted by Gasteiger charge is 2.26. The normalized spacial score (nSPS) is 13.2. The van der Waals surface area contributed by atoms with Gasteiger partial charge in [-0.05, 0) is 41.5 Å². The third-order valence-corrected chi connectivity index (χ3v) is 2.31. The molecule has 0 rings (SSSR count). The van der Waals surface area contributed by atoms with Crippen LogP contribution in [0.5, 0.6) is 0 Å². The molecule has 0 saturated heterocycles. The molecule has 0 unspecified atom stereocenters. The molecule has 106 valence electrons. The maximum absolute atomic E-state index is 11.7. The van der Waals surface area contributed by atoms with Gasteiger partial charge in [0.15, 0.2) is 5.96 Å². The minimum Gasteiger partial charge on any atom is -0.359 e. The van der Waals surface area contributed by atoms with Crippen LogP contribution in [0, 0.1) is 5.41 Å². The van der Waals surface area contributed by atoms with E-state index in [0.29, 0.717) is 6.54 Å². The van der Waals surface area contributed by atoms with Crippen LogP contribution in [0.4, 0.5) is 0 Å². The molecule has 0 fully saturated rings. The molecule has 0 heterocycles. The predicted octanol–water partition coefficient (Wildman–Crippen LogP) is 1.11. The van der Waals surface area contributed by atoms with Crippen molar-refractivity contribution >= 4 is 11.9 Å². The summed E-state index contributed by atoms with van der Waals surface area (Å²) in [5.74, 6) is 0.736. The third-order valence-electron chi connectivity index (χ3n) is 2.31. The molecular formula is C13H28N4O. The van der Waals surface area contributed by atoms with Crippen LogP contribution in [0.2, 0.25) is 0 Å². The number of nitrogens with one attached hydrogen (secondary N) is 3. The minimum absolute atomic E-state index is 0.00198. The van der Waals surface area contributed by atoms with Crippen molar-refractivity contribution in [3.8, 4) is 0 Å². The summed E-state index contributed by atoms with van der Waals surface area (Å²) in [7, 11) is 1.65. The molecule has 18 heavy (non-hydrogen) atoms. The standard InChI is InChI=1S/C13H28N4O/c1-8-15-11(17-12(2,3)4)16-9-13(5,6)10(18)14-7/h8-9H2,1-7H3,(H,14,18)(H2,15,16,17). The fraction of sp³-hybridized carbons (Fsp3) is 0.846. The van der Waals surface area contributed by atoms with E-state index in [9.17, 15) is 4.79 Å². The molecule has 5 nitrogen and oxygen atoms in total. The summed E-state index contributed by atoms with van der Waals surface area (Å²) < 4.78 is 0. The van der Waals surface area contributed by atoms with E-state index in [1.54, 1.807) is 7.05 Å². The number of guanidine groups is 1. The molecule has 5 heteroatoms. The van der Waals surface area contributed by atoms with E-state index in [1.165, 1.54) is 0 Å². The zero-order valence-corrected chi connectivity index (χ0v) is 12.8. The predicted molar refractivity (Wildman–Crippen MR) is 76.7 cm³/mol. The van der Waals surface area contributed by atoms with Crippen molar-refractivity contribution in [3.05, 3.63) is 0 Å². The van der Waals surface area contributed by atoms with Gasteiger partial charge in [-0.25, -0.2) is 0 Å². The summed E-state index contributed by atoms with van der Waals surface area (Å²) in [5, 5.41) is 9.13. The third kappa shape index (κ3) is 6.47. The van der Waals surface area contributed by atoms with Gasteiger partial charge in [-0.3, -0.25) is 9.79 Å². The highest BCUT2D eigenvalue weighted by Crippen LogP contribution is 2.15. The van der Waals surface area contributed by atoms with E-state index in [-0.39, 0.29) is 11.4 Å². The number of nitrogens with zero attached hydrogens (tertiary/aromatic N) is 1. The number of rotatable bonds is 4. The number of hydrogen-bond donors (Lipinski definition) is 3. The lowest BCUT2D eigenvalue weighted by Crippen LogP contribution is -2.48. The molecule has 0 aromatic rings. The molecule has 0 aliphatic carbocycles. The average molecular weight is 256 g/mol. The van der Waals surface area contributed by atoms with E-state index in [1.807, 2.05) is 20.8 Å². The summed E-state index contributed by atoms with van der Waals surface area (Å²) in [6.07, 6.45) is 0. The maximum Gasteiger partial charge on any atom is 0.227 e. The van der Waals surface area contributed by atoms with Gasteiger partial charge < -0.3 is 16.0 Å². The Morgan fingerprint density at radius 1 is 1.17 bits per heavy atom. The molecule has 1 amide bonds. The molecule has 0 radical (unpaired) electrons. The molecule has 0 spiro atoms. The second-order valence-corrected chi connectivity index (χ2v) is 6.03. The second kappa shape index (κ2) is 6.61. The van der Waals surface area contributed by atoms with E-state index in [4.69, 9.17) is 0 Å². The Bertz CT molecular complexity index is 303. The Balaban J connectivity index is 4.72. The monoisotopic (exact) mass is 256 g/mol. The molecule has 0 aromatic carbocycles. The molecule has 0 atom stereocenters. The minimum atomic E-state index is -0.505. The number of hydrogen-bond acceptors (Lipinski definition) is 2. The van der Waals surface area contributed by atoms with Crippen molar-refractivity contribution < 1.29 is 4.79 Å². The zero-order valence-electron chi connectivity index (χ0n) is 12.8. The maximum atomic E-state index is 11.7. The van der Waals surface area contributed by atoms with E-state index in [2.05, 4.69) is 41.7 Å². The molecule has 0 aliphatic heterocycles. The fourth-order valence-electron chi connectivity index (χ4n) is 1.35. The van der Waals surface area contributed by atoms with Crippen LogP contribution in [0.15, 0.2) is 4.99 Å². The first-order valence-electron chi connectivity index (χ1n) is 6.41. The van der Waals surface area contributed by atoms with Gasteiger partial charge in [0.2, 0.25) is 5.91 Å². The lowest BCUT2D eigenvalue weighted by molar-refractivity contribution is -0.128. The molecular weight excluding hydrogens is 228 g/mol. The Hall–Kier alpha value is -1.26. The van der Waals surface area contributed by atoms with Gasteiger partial charge in [0.25, 0.3) is 0 Å².